The van der Waals surface area contributed by atoms with Crippen molar-refractivity contribution in [1.82, 2.24) is 0 Å². The van der Waals surface area contributed by atoms with E-state index in [9.17, 15) is 4.79 Å². The van der Waals surface area contributed by atoms with Gasteiger partial charge in [-0.1, -0.05) is 17.3 Å². The van der Waals surface area contributed by atoms with E-state index in [1.807, 2.05) is 24.3 Å². The highest BCUT2D eigenvalue weighted by Crippen LogP contribution is 2.20. The minimum Gasteiger partial charge on any atom is -0.399 e. The Kier molecular flexibility index (Phi) is 3.27. The van der Waals surface area contributed by atoms with E-state index in [-0.39, 0.29) is 12.0 Å². The Morgan fingerprint density at radius 3 is 3.06 bits per heavy atom. The molecule has 0 aliphatic carbocycles. The molecular formula is C12H15N3O2. The van der Waals surface area contributed by atoms with Crippen LogP contribution in [0, 0.1) is 0 Å². The molecule has 1 aromatic carbocycles. The summed E-state index contributed by atoms with van der Waals surface area (Å²) in [5.74, 6) is -0.314. The second-order valence-electron chi connectivity index (χ2n) is 4.10. The van der Waals surface area contributed by atoms with Gasteiger partial charge in [-0.15, -0.1) is 0 Å². The van der Waals surface area contributed by atoms with E-state index in [2.05, 4.69) is 5.16 Å². The lowest BCUT2D eigenvalue weighted by Crippen LogP contribution is -2.15. The van der Waals surface area contributed by atoms with Crippen LogP contribution < -0.4 is 11.5 Å². The van der Waals surface area contributed by atoms with Crippen molar-refractivity contribution in [1.29, 1.82) is 0 Å². The Bertz CT molecular complexity index is 457. The minimum atomic E-state index is -0.314. The smallest absolute Gasteiger partial charge is 0.217 e. The number of primary amides is 1. The molecule has 90 valence electrons. The van der Waals surface area contributed by atoms with Crippen LogP contribution in [-0.4, -0.2) is 17.7 Å². The van der Waals surface area contributed by atoms with Gasteiger partial charge in [0.05, 0.1) is 5.71 Å². The van der Waals surface area contributed by atoms with Gasteiger partial charge in [0, 0.05) is 24.1 Å². The summed E-state index contributed by atoms with van der Waals surface area (Å²) in [4.78, 5) is 15.9. The molecule has 2 rings (SSSR count). The monoisotopic (exact) mass is 233 g/mol. The van der Waals surface area contributed by atoms with E-state index in [1.165, 1.54) is 0 Å². The number of nitrogen functional groups attached to an aromatic ring is 1. The van der Waals surface area contributed by atoms with Crippen LogP contribution in [0.1, 0.15) is 24.8 Å². The summed E-state index contributed by atoms with van der Waals surface area (Å²) in [6, 6.07) is 7.50. The van der Waals surface area contributed by atoms with Crippen LogP contribution in [0.15, 0.2) is 29.4 Å². The first-order chi connectivity index (χ1) is 8.15. The van der Waals surface area contributed by atoms with Crippen LogP contribution in [0.4, 0.5) is 5.69 Å². The van der Waals surface area contributed by atoms with Gasteiger partial charge in [0.15, 0.2) is 0 Å². The molecular weight excluding hydrogens is 218 g/mol. The number of hydrogen-bond donors (Lipinski definition) is 2. The first kappa shape index (κ1) is 11.4. The number of amides is 1. The van der Waals surface area contributed by atoms with E-state index in [4.69, 9.17) is 16.3 Å². The molecule has 1 unspecified atom stereocenters. The maximum Gasteiger partial charge on any atom is 0.217 e. The van der Waals surface area contributed by atoms with Crippen LogP contribution in [-0.2, 0) is 9.63 Å². The van der Waals surface area contributed by atoms with Crippen LogP contribution in [0.3, 0.4) is 0 Å². The zero-order chi connectivity index (χ0) is 12.3. The molecule has 4 N–H and O–H groups in total. The largest absolute Gasteiger partial charge is 0.399 e. The third-order valence-corrected chi connectivity index (χ3v) is 2.67. The molecule has 0 spiro atoms. The van der Waals surface area contributed by atoms with E-state index in [0.29, 0.717) is 24.9 Å². The maximum absolute atomic E-state index is 10.7. The summed E-state index contributed by atoms with van der Waals surface area (Å²) in [5, 5.41) is 4.02. The molecule has 0 bridgehead atoms. The van der Waals surface area contributed by atoms with E-state index in [0.717, 1.165) is 11.3 Å². The molecule has 1 atom stereocenters. The first-order valence-corrected chi connectivity index (χ1v) is 5.52. The van der Waals surface area contributed by atoms with Gasteiger partial charge in [0.25, 0.3) is 0 Å². The summed E-state index contributed by atoms with van der Waals surface area (Å²) in [6.07, 6.45) is 1.56. The van der Waals surface area contributed by atoms with Crippen LogP contribution in [0.2, 0.25) is 0 Å². The van der Waals surface area contributed by atoms with Crippen LogP contribution in [0.25, 0.3) is 0 Å². The number of anilines is 1. The Morgan fingerprint density at radius 2 is 2.35 bits per heavy atom. The second-order valence-corrected chi connectivity index (χ2v) is 4.10. The number of carbonyl (C=O) groups is 1. The molecule has 0 radical (unpaired) electrons. The molecule has 1 amide bonds. The first-order valence-electron chi connectivity index (χ1n) is 5.52. The quantitative estimate of drug-likeness (QED) is 0.761. The molecule has 0 saturated carbocycles. The molecule has 1 aliphatic heterocycles. The van der Waals surface area contributed by atoms with E-state index in [1.54, 1.807) is 0 Å². The molecule has 0 fully saturated rings. The molecule has 0 aromatic heterocycles. The number of nitrogens with zero attached hydrogens (tertiary/aromatic N) is 1. The van der Waals surface area contributed by atoms with Crippen molar-refractivity contribution in [2.75, 3.05) is 5.73 Å². The van der Waals surface area contributed by atoms with Crippen molar-refractivity contribution in [3.05, 3.63) is 29.8 Å². The van der Waals surface area contributed by atoms with Gasteiger partial charge in [-0.05, 0) is 18.6 Å². The number of rotatable bonds is 4. The Balaban J connectivity index is 1.95. The lowest BCUT2D eigenvalue weighted by Gasteiger charge is -2.05. The maximum atomic E-state index is 10.7. The van der Waals surface area contributed by atoms with Gasteiger partial charge in [-0.2, -0.15) is 0 Å². The number of hydrogen-bond acceptors (Lipinski definition) is 4. The highest BCUT2D eigenvalue weighted by molar-refractivity contribution is 6.01. The lowest BCUT2D eigenvalue weighted by atomic mass is 10.0. The van der Waals surface area contributed by atoms with Gasteiger partial charge < -0.3 is 16.3 Å². The predicted molar refractivity (Wildman–Crippen MR) is 65.3 cm³/mol. The van der Waals surface area contributed by atoms with E-state index >= 15 is 0 Å². The Hall–Kier alpha value is -2.04. The van der Waals surface area contributed by atoms with Gasteiger partial charge in [0.1, 0.15) is 6.10 Å². The normalized spacial score (nSPS) is 18.6. The molecule has 1 heterocycles. The SMILES string of the molecule is NC(=O)CCC1CC(c2cccc(N)c2)=NO1. The van der Waals surface area contributed by atoms with Gasteiger partial charge >= 0.3 is 0 Å². The van der Waals surface area contributed by atoms with Gasteiger partial charge in [0.2, 0.25) is 5.91 Å². The zero-order valence-electron chi connectivity index (χ0n) is 9.43. The van der Waals surface area contributed by atoms with Crippen molar-refractivity contribution in [3.63, 3.8) is 0 Å². The van der Waals surface area contributed by atoms with Gasteiger partial charge in [-0.3, -0.25) is 4.79 Å². The minimum absolute atomic E-state index is 0.0565. The van der Waals surface area contributed by atoms with Crippen molar-refractivity contribution >= 4 is 17.3 Å². The Labute approximate surface area is 99.4 Å². The third kappa shape index (κ3) is 2.96. The summed E-state index contributed by atoms with van der Waals surface area (Å²) in [5.41, 5.74) is 13.3. The average molecular weight is 233 g/mol. The molecule has 5 nitrogen and oxygen atoms in total. The average Bonchev–Trinajstić information content (AvgIpc) is 2.75. The summed E-state index contributed by atoms with van der Waals surface area (Å²) in [6.45, 7) is 0. The standard InChI is InChI=1S/C12H15N3O2/c13-9-3-1-2-8(6-9)11-7-10(17-15-11)4-5-12(14)16/h1-3,6,10H,4-5,7,13H2,(H2,14,16). The number of benzene rings is 1. The number of nitrogens with two attached hydrogens (primary N) is 2. The Morgan fingerprint density at radius 1 is 1.53 bits per heavy atom. The summed E-state index contributed by atoms with van der Waals surface area (Å²) in [7, 11) is 0. The van der Waals surface area contributed by atoms with Crippen molar-refractivity contribution in [3.8, 4) is 0 Å². The third-order valence-electron chi connectivity index (χ3n) is 2.67. The van der Waals surface area contributed by atoms with E-state index < -0.39 is 0 Å². The van der Waals surface area contributed by atoms with Crippen LogP contribution >= 0.6 is 0 Å². The fourth-order valence-corrected chi connectivity index (χ4v) is 1.78. The molecule has 1 aromatic rings. The number of oxime groups is 1. The van der Waals surface area contributed by atoms with Crippen molar-refractivity contribution in [2.45, 2.75) is 25.4 Å². The lowest BCUT2D eigenvalue weighted by molar-refractivity contribution is -0.118. The highest BCUT2D eigenvalue weighted by atomic mass is 16.6. The zero-order valence-corrected chi connectivity index (χ0v) is 9.43. The molecule has 5 heteroatoms. The predicted octanol–water partition coefficient (Wildman–Crippen LogP) is 1.03. The van der Waals surface area contributed by atoms with Crippen LogP contribution in [0.5, 0.6) is 0 Å². The van der Waals surface area contributed by atoms with Crippen molar-refractivity contribution < 1.29 is 9.63 Å². The summed E-state index contributed by atoms with van der Waals surface area (Å²) < 4.78 is 0. The van der Waals surface area contributed by atoms with Crippen molar-refractivity contribution in [2.24, 2.45) is 10.9 Å². The molecule has 1 aliphatic rings. The van der Waals surface area contributed by atoms with Gasteiger partial charge in [-0.25, -0.2) is 0 Å². The number of carbonyl (C=O) groups excluding carboxylic acids is 1. The second kappa shape index (κ2) is 4.86. The topological polar surface area (TPSA) is 90.7 Å². The molecule has 0 saturated heterocycles. The highest BCUT2D eigenvalue weighted by Gasteiger charge is 2.22. The fraction of sp³-hybridized carbons (Fsp3) is 0.333. The molecule has 17 heavy (non-hydrogen) atoms. The fourth-order valence-electron chi connectivity index (χ4n) is 1.78. The summed E-state index contributed by atoms with van der Waals surface area (Å²) >= 11 is 0.